The van der Waals surface area contributed by atoms with Gasteiger partial charge in [0.25, 0.3) is 0 Å². The number of aryl methyl sites for hydroxylation is 1. The third-order valence-corrected chi connectivity index (χ3v) is 6.78. The number of rotatable bonds is 4. The molecule has 0 saturated carbocycles. The molecule has 1 fully saturated rings. The van der Waals surface area contributed by atoms with Crippen molar-refractivity contribution in [3.05, 3.63) is 54.0 Å². The Morgan fingerprint density at radius 2 is 2.07 bits per heavy atom. The number of halogens is 2. The highest BCUT2D eigenvalue weighted by atomic mass is 32.2. The van der Waals surface area contributed by atoms with Gasteiger partial charge in [0, 0.05) is 37.8 Å². The highest BCUT2D eigenvalue weighted by Gasteiger charge is 2.36. The second kappa shape index (κ2) is 6.65. The topological polar surface area (TPSA) is 68.1 Å². The maximum Gasteiger partial charge on any atom is 0.246 e. The van der Waals surface area contributed by atoms with Gasteiger partial charge in [0.05, 0.1) is 0 Å². The van der Waals surface area contributed by atoms with Crippen LogP contribution in [-0.2, 0) is 16.6 Å². The molecule has 1 aliphatic heterocycles. The van der Waals surface area contributed by atoms with Crippen LogP contribution in [0.4, 0.5) is 8.78 Å². The predicted octanol–water partition coefficient (Wildman–Crippen LogP) is 2.91. The maximum absolute atomic E-state index is 14.0. The second-order valence-electron chi connectivity index (χ2n) is 6.48. The molecule has 6 nitrogen and oxygen atoms in total. The van der Waals surface area contributed by atoms with Crippen LogP contribution in [0.1, 0.15) is 25.1 Å². The summed E-state index contributed by atoms with van der Waals surface area (Å²) in [5, 5.41) is 0. The zero-order valence-electron chi connectivity index (χ0n) is 14.6. The number of sulfonamides is 1. The van der Waals surface area contributed by atoms with Crippen LogP contribution in [0.25, 0.3) is 11.2 Å². The molecule has 142 valence electrons. The van der Waals surface area contributed by atoms with Crippen molar-refractivity contribution in [2.24, 2.45) is 0 Å². The SMILES string of the molecule is CCn1c([C@@H]2CCN(S(=O)(=O)c3ccc(F)cc3F)C2)nc2cccnc21. The monoisotopic (exact) mass is 392 g/mol. The smallest absolute Gasteiger partial charge is 0.246 e. The Balaban J connectivity index is 1.66. The van der Waals surface area contributed by atoms with E-state index in [1.165, 1.54) is 4.31 Å². The van der Waals surface area contributed by atoms with E-state index in [0.717, 1.165) is 29.1 Å². The van der Waals surface area contributed by atoms with Crippen LogP contribution >= 0.6 is 0 Å². The van der Waals surface area contributed by atoms with Gasteiger partial charge in [-0.05, 0) is 37.6 Å². The van der Waals surface area contributed by atoms with Gasteiger partial charge >= 0.3 is 0 Å². The fraction of sp³-hybridized carbons (Fsp3) is 0.333. The number of benzene rings is 1. The van der Waals surface area contributed by atoms with Crippen molar-refractivity contribution in [2.75, 3.05) is 13.1 Å². The summed E-state index contributed by atoms with van der Waals surface area (Å²) in [6.45, 7) is 3.10. The normalized spacial score (nSPS) is 18.4. The number of nitrogens with zero attached hydrogens (tertiary/aromatic N) is 4. The largest absolute Gasteiger partial charge is 0.313 e. The molecule has 4 rings (SSSR count). The maximum atomic E-state index is 14.0. The van der Waals surface area contributed by atoms with Gasteiger partial charge in [-0.2, -0.15) is 4.31 Å². The molecule has 2 aromatic heterocycles. The standard InChI is InChI=1S/C18H18F2N4O2S/c1-2-24-17(22-15-4-3-8-21-18(15)24)12-7-9-23(11-12)27(25,26)16-6-5-13(19)10-14(16)20/h3-6,8,10,12H,2,7,9,11H2,1H3/t12-/m1/s1. The Kier molecular flexibility index (Phi) is 4.43. The first kappa shape index (κ1) is 18.0. The van der Waals surface area contributed by atoms with Gasteiger partial charge < -0.3 is 4.57 Å². The van der Waals surface area contributed by atoms with Crippen LogP contribution < -0.4 is 0 Å². The molecule has 27 heavy (non-hydrogen) atoms. The summed E-state index contributed by atoms with van der Waals surface area (Å²) in [6.07, 6.45) is 2.27. The first-order chi connectivity index (χ1) is 12.9. The van der Waals surface area contributed by atoms with Gasteiger partial charge in [-0.1, -0.05) is 0 Å². The molecule has 1 saturated heterocycles. The molecule has 0 spiro atoms. The van der Waals surface area contributed by atoms with E-state index < -0.39 is 26.6 Å². The molecule has 0 aliphatic carbocycles. The predicted molar refractivity (Wildman–Crippen MR) is 95.7 cm³/mol. The zero-order valence-corrected chi connectivity index (χ0v) is 15.5. The fourth-order valence-electron chi connectivity index (χ4n) is 3.58. The lowest BCUT2D eigenvalue weighted by Crippen LogP contribution is -2.29. The number of fused-ring (bicyclic) bond motifs is 1. The molecular weight excluding hydrogens is 374 g/mol. The molecule has 0 amide bonds. The molecule has 0 unspecified atom stereocenters. The van der Waals surface area contributed by atoms with E-state index in [1.807, 2.05) is 23.6 Å². The van der Waals surface area contributed by atoms with Gasteiger partial charge in [-0.25, -0.2) is 27.2 Å². The Morgan fingerprint density at radius 1 is 1.26 bits per heavy atom. The van der Waals surface area contributed by atoms with E-state index in [4.69, 9.17) is 0 Å². The summed E-state index contributed by atoms with van der Waals surface area (Å²) in [5.41, 5.74) is 1.53. The van der Waals surface area contributed by atoms with Crippen molar-refractivity contribution in [2.45, 2.75) is 30.7 Å². The fourth-order valence-corrected chi connectivity index (χ4v) is 5.13. The average Bonchev–Trinajstić information content (AvgIpc) is 3.26. The van der Waals surface area contributed by atoms with Gasteiger partial charge in [-0.15, -0.1) is 0 Å². The lowest BCUT2D eigenvalue weighted by Gasteiger charge is -2.17. The quantitative estimate of drug-likeness (QED) is 0.685. The lowest BCUT2D eigenvalue weighted by molar-refractivity contribution is 0.461. The van der Waals surface area contributed by atoms with E-state index in [0.29, 0.717) is 19.0 Å². The molecule has 0 N–H and O–H groups in total. The molecule has 3 heterocycles. The Hall–Kier alpha value is -2.39. The Bertz CT molecular complexity index is 1110. The van der Waals surface area contributed by atoms with Crippen molar-refractivity contribution in [1.82, 2.24) is 18.8 Å². The first-order valence-corrected chi connectivity index (χ1v) is 10.1. The van der Waals surface area contributed by atoms with Crippen LogP contribution in [0.3, 0.4) is 0 Å². The third-order valence-electron chi connectivity index (χ3n) is 4.88. The average molecular weight is 392 g/mol. The molecule has 0 radical (unpaired) electrons. The molecule has 9 heteroatoms. The Morgan fingerprint density at radius 3 is 2.81 bits per heavy atom. The molecular formula is C18H18F2N4O2S. The van der Waals surface area contributed by atoms with Crippen LogP contribution in [0.5, 0.6) is 0 Å². The summed E-state index contributed by atoms with van der Waals surface area (Å²) in [6, 6.07) is 6.18. The number of hydrogen-bond acceptors (Lipinski definition) is 4. The second-order valence-corrected chi connectivity index (χ2v) is 8.39. The van der Waals surface area contributed by atoms with E-state index in [2.05, 4.69) is 9.97 Å². The number of pyridine rings is 1. The van der Waals surface area contributed by atoms with Crippen LogP contribution in [-0.4, -0.2) is 40.3 Å². The van der Waals surface area contributed by atoms with Crippen molar-refractivity contribution in [3.8, 4) is 0 Å². The van der Waals surface area contributed by atoms with E-state index in [-0.39, 0.29) is 19.0 Å². The summed E-state index contributed by atoms with van der Waals surface area (Å²) in [7, 11) is -4.04. The third kappa shape index (κ3) is 3.00. The van der Waals surface area contributed by atoms with Crippen molar-refractivity contribution >= 4 is 21.2 Å². The molecule has 3 aromatic rings. The summed E-state index contributed by atoms with van der Waals surface area (Å²) in [4.78, 5) is 8.50. The van der Waals surface area contributed by atoms with E-state index >= 15 is 0 Å². The number of aromatic nitrogens is 3. The first-order valence-electron chi connectivity index (χ1n) is 8.68. The summed E-state index contributed by atoms with van der Waals surface area (Å²) >= 11 is 0. The van der Waals surface area contributed by atoms with Gasteiger partial charge in [0.1, 0.15) is 27.9 Å². The number of hydrogen-bond donors (Lipinski definition) is 0. The minimum atomic E-state index is -4.04. The van der Waals surface area contributed by atoms with Crippen molar-refractivity contribution < 1.29 is 17.2 Å². The van der Waals surface area contributed by atoms with Gasteiger partial charge in [-0.3, -0.25) is 0 Å². The van der Waals surface area contributed by atoms with Crippen LogP contribution in [0.2, 0.25) is 0 Å². The summed E-state index contributed by atoms with van der Waals surface area (Å²) in [5.74, 6) is -1.22. The van der Waals surface area contributed by atoms with E-state index in [9.17, 15) is 17.2 Å². The number of imidazole rings is 1. The lowest BCUT2D eigenvalue weighted by atomic mass is 10.1. The minimum absolute atomic E-state index is 0.113. The zero-order chi connectivity index (χ0) is 19.2. The summed E-state index contributed by atoms with van der Waals surface area (Å²) < 4.78 is 55.9. The van der Waals surface area contributed by atoms with Gasteiger partial charge in [0.15, 0.2) is 5.65 Å². The highest BCUT2D eigenvalue weighted by Crippen LogP contribution is 2.32. The van der Waals surface area contributed by atoms with Crippen molar-refractivity contribution in [1.29, 1.82) is 0 Å². The highest BCUT2D eigenvalue weighted by molar-refractivity contribution is 7.89. The molecule has 1 atom stereocenters. The van der Waals surface area contributed by atoms with Gasteiger partial charge in [0.2, 0.25) is 10.0 Å². The van der Waals surface area contributed by atoms with Crippen LogP contribution in [0.15, 0.2) is 41.4 Å². The molecule has 1 aliphatic rings. The van der Waals surface area contributed by atoms with Crippen molar-refractivity contribution in [3.63, 3.8) is 0 Å². The Labute approximate surface area is 155 Å². The molecule has 1 aromatic carbocycles. The molecule has 0 bridgehead atoms. The minimum Gasteiger partial charge on any atom is -0.313 e. The van der Waals surface area contributed by atoms with E-state index in [1.54, 1.807) is 6.20 Å². The van der Waals surface area contributed by atoms with Crippen LogP contribution in [0, 0.1) is 11.6 Å².